The molecule has 0 saturated carbocycles. The predicted molar refractivity (Wildman–Crippen MR) is 126 cm³/mol. The summed E-state index contributed by atoms with van der Waals surface area (Å²) < 4.78 is 11.6. The number of carbonyl (C=O) groups is 1. The molecule has 158 valence electrons. The molecule has 1 amide bonds. The lowest BCUT2D eigenvalue weighted by molar-refractivity contribution is 0.0997. The molecular formula is C25H16Cl2N2O3. The molecule has 0 aliphatic heterocycles. The highest BCUT2D eigenvalue weighted by atomic mass is 35.5. The van der Waals surface area contributed by atoms with Crippen molar-refractivity contribution in [1.29, 1.82) is 0 Å². The zero-order valence-electron chi connectivity index (χ0n) is 16.9. The Balaban J connectivity index is 1.38. The van der Waals surface area contributed by atoms with Gasteiger partial charge in [-0.3, -0.25) is 4.79 Å². The number of amides is 1. The van der Waals surface area contributed by atoms with Crippen molar-refractivity contribution in [3.8, 4) is 22.8 Å². The fourth-order valence-electron chi connectivity index (χ4n) is 3.38. The highest BCUT2D eigenvalue weighted by Gasteiger charge is 2.16. The first kappa shape index (κ1) is 20.4. The maximum atomic E-state index is 12.7. The Kier molecular flexibility index (Phi) is 5.21. The summed E-state index contributed by atoms with van der Waals surface area (Å²) in [6, 6.07) is 21.6. The number of hydrogen-bond acceptors (Lipinski definition) is 4. The first-order chi connectivity index (χ1) is 15.5. The van der Waals surface area contributed by atoms with Crippen molar-refractivity contribution in [2.45, 2.75) is 6.92 Å². The third kappa shape index (κ3) is 3.88. The monoisotopic (exact) mass is 462 g/mol. The Morgan fingerprint density at radius 3 is 2.66 bits per heavy atom. The van der Waals surface area contributed by atoms with Gasteiger partial charge >= 0.3 is 0 Å². The second-order valence-electron chi connectivity index (χ2n) is 7.29. The minimum atomic E-state index is -0.389. The molecule has 7 heteroatoms. The summed E-state index contributed by atoms with van der Waals surface area (Å²) in [5, 5.41) is 3.63. The highest BCUT2D eigenvalue weighted by Crippen LogP contribution is 2.34. The van der Waals surface area contributed by atoms with Crippen molar-refractivity contribution in [2.24, 2.45) is 0 Å². The summed E-state index contributed by atoms with van der Waals surface area (Å²) in [7, 11) is 0. The molecule has 0 radical (unpaired) electrons. The molecule has 0 fully saturated rings. The van der Waals surface area contributed by atoms with E-state index in [1.807, 2.05) is 37.3 Å². The first-order valence-corrected chi connectivity index (χ1v) is 10.6. The molecule has 0 unspecified atom stereocenters. The Morgan fingerprint density at radius 1 is 0.938 bits per heavy atom. The average Bonchev–Trinajstić information content (AvgIpc) is 3.43. The van der Waals surface area contributed by atoms with Gasteiger partial charge in [0.05, 0.1) is 10.0 Å². The highest BCUT2D eigenvalue weighted by molar-refractivity contribution is 6.43. The molecule has 0 atom stereocenters. The second-order valence-corrected chi connectivity index (χ2v) is 8.08. The zero-order valence-corrected chi connectivity index (χ0v) is 18.4. The number of anilines is 1. The molecular weight excluding hydrogens is 447 g/mol. The molecule has 5 nitrogen and oxygen atoms in total. The number of rotatable bonds is 4. The van der Waals surface area contributed by atoms with Crippen LogP contribution in [0.2, 0.25) is 10.0 Å². The van der Waals surface area contributed by atoms with Crippen LogP contribution in [0, 0.1) is 6.92 Å². The van der Waals surface area contributed by atoms with E-state index in [2.05, 4.69) is 10.3 Å². The number of benzene rings is 3. The van der Waals surface area contributed by atoms with Gasteiger partial charge in [-0.2, -0.15) is 0 Å². The van der Waals surface area contributed by atoms with E-state index >= 15 is 0 Å². The Labute approximate surface area is 193 Å². The van der Waals surface area contributed by atoms with Crippen LogP contribution in [0.25, 0.3) is 33.9 Å². The van der Waals surface area contributed by atoms with Gasteiger partial charge in [-0.05, 0) is 67.1 Å². The molecule has 0 spiro atoms. The number of aromatic nitrogens is 1. The molecule has 3 aromatic carbocycles. The summed E-state index contributed by atoms with van der Waals surface area (Å²) in [6.07, 6.45) is 0. The van der Waals surface area contributed by atoms with Gasteiger partial charge in [-0.1, -0.05) is 41.4 Å². The topological polar surface area (TPSA) is 68.3 Å². The van der Waals surface area contributed by atoms with Gasteiger partial charge in [0.1, 0.15) is 11.3 Å². The number of nitrogens with one attached hydrogen (secondary N) is 1. The van der Waals surface area contributed by atoms with Crippen LogP contribution in [-0.2, 0) is 0 Å². The summed E-state index contributed by atoms with van der Waals surface area (Å²) in [6.45, 7) is 2.00. The van der Waals surface area contributed by atoms with Gasteiger partial charge in [0.2, 0.25) is 5.89 Å². The van der Waals surface area contributed by atoms with Crippen LogP contribution in [-0.4, -0.2) is 10.9 Å². The minimum absolute atomic E-state index is 0.152. The maximum Gasteiger partial charge on any atom is 0.291 e. The van der Waals surface area contributed by atoms with Crippen LogP contribution in [0.5, 0.6) is 0 Å². The number of aryl methyl sites for hydroxylation is 1. The molecule has 2 heterocycles. The minimum Gasteiger partial charge on any atom is -0.451 e. The van der Waals surface area contributed by atoms with Crippen LogP contribution in [0.15, 0.2) is 81.6 Å². The molecule has 0 aliphatic rings. The lowest BCUT2D eigenvalue weighted by Crippen LogP contribution is -2.10. The average molecular weight is 463 g/mol. The van der Waals surface area contributed by atoms with E-state index in [0.717, 1.165) is 22.2 Å². The number of nitrogens with zero attached hydrogens (tertiary/aromatic N) is 1. The van der Waals surface area contributed by atoms with Gasteiger partial charge in [0, 0.05) is 16.8 Å². The normalized spacial score (nSPS) is 11.1. The van der Waals surface area contributed by atoms with Crippen LogP contribution >= 0.6 is 23.2 Å². The third-order valence-electron chi connectivity index (χ3n) is 4.96. The molecule has 5 rings (SSSR count). The largest absolute Gasteiger partial charge is 0.451 e. The Bertz CT molecular complexity index is 1470. The third-order valence-corrected chi connectivity index (χ3v) is 5.78. The van der Waals surface area contributed by atoms with Gasteiger partial charge < -0.3 is 14.2 Å². The number of carbonyl (C=O) groups excluding carboxylic acids is 1. The summed E-state index contributed by atoms with van der Waals surface area (Å²) in [4.78, 5) is 17.3. The van der Waals surface area contributed by atoms with E-state index in [4.69, 9.17) is 32.0 Å². The van der Waals surface area contributed by atoms with Gasteiger partial charge in [-0.15, -0.1) is 0 Å². The number of oxazole rings is 1. The number of furan rings is 1. The van der Waals surface area contributed by atoms with Crippen molar-refractivity contribution >= 4 is 45.9 Å². The van der Waals surface area contributed by atoms with Crippen molar-refractivity contribution < 1.29 is 13.6 Å². The Morgan fingerprint density at radius 2 is 1.78 bits per heavy atom. The lowest BCUT2D eigenvalue weighted by Gasteiger charge is -2.05. The smallest absolute Gasteiger partial charge is 0.291 e. The van der Waals surface area contributed by atoms with Crippen molar-refractivity contribution in [3.63, 3.8) is 0 Å². The van der Waals surface area contributed by atoms with Crippen molar-refractivity contribution in [1.82, 2.24) is 4.98 Å². The fraction of sp³-hybridized carbons (Fsp3) is 0.0400. The van der Waals surface area contributed by atoms with Crippen LogP contribution in [0.1, 0.15) is 16.1 Å². The van der Waals surface area contributed by atoms with Crippen LogP contribution < -0.4 is 5.32 Å². The molecule has 32 heavy (non-hydrogen) atoms. The quantitative estimate of drug-likeness (QED) is 0.298. The van der Waals surface area contributed by atoms with Crippen molar-refractivity contribution in [2.75, 3.05) is 5.32 Å². The molecule has 1 N–H and O–H groups in total. The number of fused-ring (bicyclic) bond motifs is 1. The number of hydrogen-bond donors (Lipinski definition) is 1. The van der Waals surface area contributed by atoms with E-state index in [1.54, 1.807) is 42.5 Å². The molecule has 0 aliphatic carbocycles. The molecule has 5 aromatic rings. The van der Waals surface area contributed by atoms with Crippen molar-refractivity contribution in [3.05, 3.63) is 94.2 Å². The van der Waals surface area contributed by atoms with Crippen LogP contribution in [0.4, 0.5) is 5.69 Å². The maximum absolute atomic E-state index is 12.7. The standard InChI is InChI=1S/C25H16Cl2N2O3/c1-14-8-9-19-22(12-14)32-25(29-19)15-4-2-5-16(13-15)28-24(30)21-11-10-20(31-21)17-6-3-7-18(26)23(17)27/h2-13H,1H3,(H,28,30). The molecule has 0 saturated heterocycles. The summed E-state index contributed by atoms with van der Waals surface area (Å²) in [5.74, 6) is 0.703. The van der Waals surface area contributed by atoms with E-state index in [1.165, 1.54) is 0 Å². The van der Waals surface area contributed by atoms with E-state index in [0.29, 0.717) is 32.9 Å². The van der Waals surface area contributed by atoms with E-state index in [9.17, 15) is 4.79 Å². The summed E-state index contributed by atoms with van der Waals surface area (Å²) >= 11 is 12.3. The van der Waals surface area contributed by atoms with Gasteiger partial charge in [0.25, 0.3) is 5.91 Å². The summed E-state index contributed by atoms with van der Waals surface area (Å²) in [5.41, 5.74) is 4.55. The lowest BCUT2D eigenvalue weighted by atomic mass is 10.2. The van der Waals surface area contributed by atoms with Gasteiger partial charge in [-0.25, -0.2) is 4.98 Å². The van der Waals surface area contributed by atoms with Crippen LogP contribution in [0.3, 0.4) is 0 Å². The predicted octanol–water partition coefficient (Wildman–Crippen LogP) is 7.62. The molecule has 0 bridgehead atoms. The SMILES string of the molecule is Cc1ccc2nc(-c3cccc(NC(=O)c4ccc(-c5cccc(Cl)c5Cl)o4)c3)oc2c1. The molecule has 2 aromatic heterocycles. The van der Waals surface area contributed by atoms with E-state index in [-0.39, 0.29) is 11.7 Å². The zero-order chi connectivity index (χ0) is 22.2. The fourth-order valence-corrected chi connectivity index (χ4v) is 3.77. The Hall–Kier alpha value is -3.54. The first-order valence-electron chi connectivity index (χ1n) is 9.81. The van der Waals surface area contributed by atoms with E-state index < -0.39 is 0 Å². The second kappa shape index (κ2) is 8.19. The number of halogens is 2. The van der Waals surface area contributed by atoms with Gasteiger partial charge in [0.15, 0.2) is 11.3 Å².